The van der Waals surface area contributed by atoms with Crippen LogP contribution in [0.2, 0.25) is 0 Å². The highest BCUT2D eigenvalue weighted by Gasteiger charge is 2.33. The number of carbonyl (C=O) groups is 1. The van der Waals surface area contributed by atoms with E-state index in [2.05, 4.69) is 17.6 Å². The number of amides is 1. The highest BCUT2D eigenvalue weighted by atomic mass is 16.2. The molecule has 0 saturated carbocycles. The largest absolute Gasteiger partial charge is 0.354 e. The maximum Gasteiger partial charge on any atom is 0.230 e. The third kappa shape index (κ3) is 3.16. The van der Waals surface area contributed by atoms with Crippen LogP contribution in [0, 0.1) is 0 Å². The Morgan fingerprint density at radius 2 is 2.05 bits per heavy atom. The van der Waals surface area contributed by atoms with Gasteiger partial charge in [-0.3, -0.25) is 4.79 Å². The first-order valence-electron chi connectivity index (χ1n) is 7.03. The molecule has 1 aromatic carbocycles. The molecule has 3 nitrogen and oxygen atoms in total. The van der Waals surface area contributed by atoms with Crippen LogP contribution in [0.25, 0.3) is 0 Å². The molecule has 1 aliphatic heterocycles. The summed E-state index contributed by atoms with van der Waals surface area (Å²) < 4.78 is 0. The van der Waals surface area contributed by atoms with Crippen molar-refractivity contribution in [2.45, 2.75) is 44.6 Å². The molecule has 1 unspecified atom stereocenters. The van der Waals surface area contributed by atoms with Crippen LogP contribution in [-0.2, 0) is 10.2 Å². The van der Waals surface area contributed by atoms with Crippen LogP contribution < -0.4 is 10.6 Å². The van der Waals surface area contributed by atoms with Gasteiger partial charge in [0, 0.05) is 12.1 Å². The highest BCUT2D eigenvalue weighted by Crippen LogP contribution is 2.24. The molecule has 0 aliphatic carbocycles. The molecule has 0 spiro atoms. The van der Waals surface area contributed by atoms with Crippen LogP contribution in [0.3, 0.4) is 0 Å². The van der Waals surface area contributed by atoms with E-state index < -0.39 is 5.41 Å². The Bertz CT molecular complexity index is 433. The first-order chi connectivity index (χ1) is 8.94. The van der Waals surface area contributed by atoms with E-state index in [0.717, 1.165) is 18.5 Å². The highest BCUT2D eigenvalue weighted by molar-refractivity contribution is 5.87. The molecule has 104 valence electrons. The molecule has 1 fully saturated rings. The Morgan fingerprint density at radius 3 is 2.63 bits per heavy atom. The first kappa shape index (κ1) is 14.1. The zero-order chi connectivity index (χ0) is 13.9. The first-order valence-corrected chi connectivity index (χ1v) is 7.03. The standard InChI is InChI=1S/C16H24N2O/c1-15(2,13-8-5-4-6-9-13)14(19)17-12-16(3)10-7-11-18-16/h4-6,8-9,18H,7,10-12H2,1-3H3,(H,17,19). The van der Waals surface area contributed by atoms with E-state index in [4.69, 9.17) is 0 Å². The minimum atomic E-state index is -0.490. The molecule has 1 amide bonds. The summed E-state index contributed by atoms with van der Waals surface area (Å²) in [5.41, 5.74) is 0.621. The molecule has 0 aromatic heterocycles. The SMILES string of the molecule is CC1(CNC(=O)C(C)(C)c2ccccc2)CCCN1. The van der Waals surface area contributed by atoms with Crippen molar-refractivity contribution < 1.29 is 4.79 Å². The van der Waals surface area contributed by atoms with Gasteiger partial charge in [-0.15, -0.1) is 0 Å². The second-order valence-electron chi connectivity index (χ2n) is 6.26. The van der Waals surface area contributed by atoms with Crippen molar-refractivity contribution in [3.05, 3.63) is 35.9 Å². The number of benzene rings is 1. The molecule has 1 aromatic rings. The summed E-state index contributed by atoms with van der Waals surface area (Å²) >= 11 is 0. The van der Waals surface area contributed by atoms with Gasteiger partial charge in [-0.05, 0) is 45.7 Å². The van der Waals surface area contributed by atoms with Gasteiger partial charge in [-0.25, -0.2) is 0 Å². The summed E-state index contributed by atoms with van der Waals surface area (Å²) in [6.07, 6.45) is 2.31. The Kier molecular flexibility index (Phi) is 3.95. The monoisotopic (exact) mass is 260 g/mol. The van der Waals surface area contributed by atoms with E-state index in [1.807, 2.05) is 44.2 Å². The Morgan fingerprint density at radius 1 is 1.37 bits per heavy atom. The summed E-state index contributed by atoms with van der Waals surface area (Å²) in [4.78, 5) is 12.4. The topological polar surface area (TPSA) is 41.1 Å². The number of rotatable bonds is 4. The number of nitrogens with one attached hydrogen (secondary N) is 2. The zero-order valence-corrected chi connectivity index (χ0v) is 12.1. The third-order valence-corrected chi connectivity index (χ3v) is 4.16. The van der Waals surface area contributed by atoms with Crippen LogP contribution in [0.1, 0.15) is 39.2 Å². The molecule has 1 atom stereocenters. The summed E-state index contributed by atoms with van der Waals surface area (Å²) in [7, 11) is 0. The van der Waals surface area contributed by atoms with Gasteiger partial charge < -0.3 is 10.6 Å². The predicted molar refractivity (Wildman–Crippen MR) is 78.1 cm³/mol. The Labute approximate surface area is 115 Å². The van der Waals surface area contributed by atoms with E-state index in [0.29, 0.717) is 6.54 Å². The van der Waals surface area contributed by atoms with E-state index in [-0.39, 0.29) is 11.4 Å². The summed E-state index contributed by atoms with van der Waals surface area (Å²) in [6, 6.07) is 9.94. The number of hydrogen-bond acceptors (Lipinski definition) is 2. The average Bonchev–Trinajstić information content (AvgIpc) is 2.84. The molecule has 1 aliphatic rings. The van der Waals surface area contributed by atoms with Gasteiger partial charge >= 0.3 is 0 Å². The van der Waals surface area contributed by atoms with Gasteiger partial charge in [0.1, 0.15) is 0 Å². The van der Waals surface area contributed by atoms with Gasteiger partial charge in [-0.2, -0.15) is 0 Å². The van der Waals surface area contributed by atoms with Crippen LogP contribution in [-0.4, -0.2) is 24.5 Å². The van der Waals surface area contributed by atoms with Crippen molar-refractivity contribution in [3.63, 3.8) is 0 Å². The van der Waals surface area contributed by atoms with Crippen molar-refractivity contribution in [2.24, 2.45) is 0 Å². The predicted octanol–water partition coefficient (Wildman–Crippen LogP) is 2.22. The van der Waals surface area contributed by atoms with Gasteiger partial charge in [0.2, 0.25) is 5.91 Å². The molecule has 2 N–H and O–H groups in total. The molecule has 3 heteroatoms. The molecule has 1 saturated heterocycles. The fourth-order valence-electron chi connectivity index (χ4n) is 2.59. The van der Waals surface area contributed by atoms with Gasteiger partial charge in [0.25, 0.3) is 0 Å². The molecule has 19 heavy (non-hydrogen) atoms. The summed E-state index contributed by atoms with van der Waals surface area (Å²) in [6.45, 7) is 7.87. The van der Waals surface area contributed by atoms with Gasteiger partial charge in [-0.1, -0.05) is 30.3 Å². The van der Waals surface area contributed by atoms with E-state index >= 15 is 0 Å². The third-order valence-electron chi connectivity index (χ3n) is 4.16. The van der Waals surface area contributed by atoms with Crippen LogP contribution in [0.5, 0.6) is 0 Å². The smallest absolute Gasteiger partial charge is 0.230 e. The van der Waals surface area contributed by atoms with Crippen LogP contribution in [0.15, 0.2) is 30.3 Å². The second-order valence-corrected chi connectivity index (χ2v) is 6.26. The van der Waals surface area contributed by atoms with Crippen LogP contribution >= 0.6 is 0 Å². The van der Waals surface area contributed by atoms with Crippen molar-refractivity contribution in [2.75, 3.05) is 13.1 Å². The minimum absolute atomic E-state index is 0.0580. The molecule has 0 radical (unpaired) electrons. The minimum Gasteiger partial charge on any atom is -0.354 e. The summed E-state index contributed by atoms with van der Waals surface area (Å²) in [5.74, 6) is 0.0913. The maximum absolute atomic E-state index is 12.4. The maximum atomic E-state index is 12.4. The molecule has 0 bridgehead atoms. The fourth-order valence-corrected chi connectivity index (χ4v) is 2.59. The zero-order valence-electron chi connectivity index (χ0n) is 12.1. The molecule has 1 heterocycles. The van der Waals surface area contributed by atoms with E-state index in [1.54, 1.807) is 0 Å². The average molecular weight is 260 g/mol. The Hall–Kier alpha value is -1.35. The lowest BCUT2D eigenvalue weighted by atomic mass is 9.83. The molecular weight excluding hydrogens is 236 g/mol. The van der Waals surface area contributed by atoms with Crippen molar-refractivity contribution >= 4 is 5.91 Å². The van der Waals surface area contributed by atoms with Crippen LogP contribution in [0.4, 0.5) is 0 Å². The molecular formula is C16H24N2O. The van der Waals surface area contributed by atoms with E-state index in [9.17, 15) is 4.79 Å². The normalized spacial score (nSPS) is 23.3. The Balaban J connectivity index is 1.99. The number of carbonyl (C=O) groups excluding carboxylic acids is 1. The van der Waals surface area contributed by atoms with Gasteiger partial charge in [0.15, 0.2) is 0 Å². The quantitative estimate of drug-likeness (QED) is 0.871. The van der Waals surface area contributed by atoms with Crippen molar-refractivity contribution in [1.29, 1.82) is 0 Å². The number of hydrogen-bond donors (Lipinski definition) is 2. The lowest BCUT2D eigenvalue weighted by Gasteiger charge is -2.29. The lowest BCUT2D eigenvalue weighted by molar-refractivity contribution is -0.125. The summed E-state index contributed by atoms with van der Waals surface area (Å²) in [5, 5.41) is 6.57. The second kappa shape index (κ2) is 5.33. The van der Waals surface area contributed by atoms with Crippen molar-refractivity contribution in [3.8, 4) is 0 Å². The lowest BCUT2D eigenvalue weighted by Crippen LogP contribution is -2.50. The fraction of sp³-hybridized carbons (Fsp3) is 0.562. The van der Waals surface area contributed by atoms with Crippen molar-refractivity contribution in [1.82, 2.24) is 10.6 Å². The van der Waals surface area contributed by atoms with E-state index in [1.165, 1.54) is 6.42 Å². The molecule has 2 rings (SSSR count). The van der Waals surface area contributed by atoms with Gasteiger partial charge in [0.05, 0.1) is 5.41 Å².